The summed E-state index contributed by atoms with van der Waals surface area (Å²) in [7, 11) is 1.49. The van der Waals surface area contributed by atoms with Crippen LogP contribution < -0.4 is 20.5 Å². The molecule has 0 spiro atoms. The number of hydrogen-bond acceptors (Lipinski definition) is 5. The third-order valence-corrected chi connectivity index (χ3v) is 3.16. The Balaban J connectivity index is 1.95. The zero-order valence-electron chi connectivity index (χ0n) is 12.9. The molecular weight excluding hydrogens is 312 g/mol. The topological polar surface area (TPSA) is 108 Å². The summed E-state index contributed by atoms with van der Waals surface area (Å²) < 4.78 is 10.4. The maximum atomic E-state index is 11.9. The van der Waals surface area contributed by atoms with Gasteiger partial charge >= 0.3 is 0 Å². The molecule has 0 radical (unpaired) electrons. The minimum atomic E-state index is -0.544. The van der Waals surface area contributed by atoms with E-state index in [2.05, 4.69) is 5.32 Å². The summed E-state index contributed by atoms with van der Waals surface area (Å²) in [6, 6.07) is 10.8. The maximum Gasteiger partial charge on any atom is 0.262 e. The van der Waals surface area contributed by atoms with Crippen molar-refractivity contribution in [2.45, 2.75) is 0 Å². The van der Waals surface area contributed by atoms with E-state index in [1.54, 1.807) is 24.3 Å². The number of methoxy groups -OCH3 is 1. The molecule has 2 rings (SSSR count). The highest BCUT2D eigenvalue weighted by Crippen LogP contribution is 2.22. The van der Waals surface area contributed by atoms with E-state index in [1.165, 1.54) is 25.3 Å². The van der Waals surface area contributed by atoms with Gasteiger partial charge in [-0.3, -0.25) is 14.4 Å². The van der Waals surface area contributed by atoms with Crippen LogP contribution in [0.4, 0.5) is 5.69 Å². The molecule has 0 heterocycles. The first kappa shape index (κ1) is 17.0. The van der Waals surface area contributed by atoms with Crippen LogP contribution in [0.5, 0.6) is 11.5 Å². The number of aldehydes is 1. The first-order valence-corrected chi connectivity index (χ1v) is 6.99. The highest BCUT2D eigenvalue weighted by atomic mass is 16.5. The fraction of sp³-hybridized carbons (Fsp3) is 0.118. The smallest absolute Gasteiger partial charge is 0.262 e. The lowest BCUT2D eigenvalue weighted by Crippen LogP contribution is -2.20. The Morgan fingerprint density at radius 1 is 1.17 bits per heavy atom. The summed E-state index contributed by atoms with van der Waals surface area (Å²) in [6.07, 6.45) is 0.623. The molecule has 3 N–H and O–H groups in total. The Hall–Kier alpha value is -3.35. The van der Waals surface area contributed by atoms with E-state index in [4.69, 9.17) is 15.2 Å². The van der Waals surface area contributed by atoms with Crippen molar-refractivity contribution in [1.82, 2.24) is 0 Å². The van der Waals surface area contributed by atoms with Crippen LogP contribution >= 0.6 is 0 Å². The molecule has 0 aliphatic rings. The van der Waals surface area contributed by atoms with Gasteiger partial charge in [0, 0.05) is 11.3 Å². The second-order valence-corrected chi connectivity index (χ2v) is 4.80. The Morgan fingerprint density at radius 2 is 1.88 bits per heavy atom. The molecule has 2 aromatic rings. The highest BCUT2D eigenvalue weighted by molar-refractivity contribution is 5.95. The molecule has 0 atom stereocenters. The zero-order valence-corrected chi connectivity index (χ0v) is 12.9. The van der Waals surface area contributed by atoms with Crippen molar-refractivity contribution in [3.8, 4) is 11.5 Å². The van der Waals surface area contributed by atoms with Crippen molar-refractivity contribution in [3.05, 3.63) is 53.6 Å². The third-order valence-electron chi connectivity index (χ3n) is 3.16. The van der Waals surface area contributed by atoms with Gasteiger partial charge in [-0.2, -0.15) is 0 Å². The van der Waals surface area contributed by atoms with Crippen LogP contribution in [0, 0.1) is 0 Å². The number of hydrogen-bond donors (Lipinski definition) is 2. The molecule has 0 saturated heterocycles. The first-order valence-electron chi connectivity index (χ1n) is 6.99. The van der Waals surface area contributed by atoms with E-state index in [9.17, 15) is 14.4 Å². The summed E-state index contributed by atoms with van der Waals surface area (Å²) in [4.78, 5) is 33.9. The number of benzene rings is 2. The van der Waals surface area contributed by atoms with Crippen molar-refractivity contribution in [1.29, 1.82) is 0 Å². The van der Waals surface area contributed by atoms with E-state index in [0.717, 1.165) is 0 Å². The van der Waals surface area contributed by atoms with Crippen LogP contribution in [-0.2, 0) is 4.79 Å². The Bertz CT molecular complexity index is 756. The van der Waals surface area contributed by atoms with Gasteiger partial charge in [0.2, 0.25) is 5.91 Å². The van der Waals surface area contributed by atoms with Crippen molar-refractivity contribution < 1.29 is 23.9 Å². The van der Waals surface area contributed by atoms with Crippen molar-refractivity contribution >= 4 is 23.8 Å². The summed E-state index contributed by atoms with van der Waals surface area (Å²) in [5.74, 6) is -0.153. The molecule has 2 aromatic carbocycles. The summed E-state index contributed by atoms with van der Waals surface area (Å²) >= 11 is 0. The van der Waals surface area contributed by atoms with Crippen molar-refractivity contribution in [2.24, 2.45) is 5.73 Å². The SMILES string of the molecule is COc1ccc(OCC(=O)Nc2ccc(C(N)=O)cc2)c(C=O)c1. The number of anilines is 1. The molecule has 0 aromatic heterocycles. The molecule has 2 amide bonds. The second kappa shape index (κ2) is 7.77. The Kier molecular flexibility index (Phi) is 5.51. The fourth-order valence-electron chi connectivity index (χ4n) is 1.94. The first-order chi connectivity index (χ1) is 11.5. The van der Waals surface area contributed by atoms with Gasteiger partial charge in [0.05, 0.1) is 12.7 Å². The zero-order chi connectivity index (χ0) is 17.5. The molecule has 7 heteroatoms. The molecule has 24 heavy (non-hydrogen) atoms. The molecular formula is C17H16N2O5. The van der Waals surface area contributed by atoms with Crippen molar-refractivity contribution in [3.63, 3.8) is 0 Å². The monoisotopic (exact) mass is 328 g/mol. The van der Waals surface area contributed by atoms with E-state index >= 15 is 0 Å². The second-order valence-electron chi connectivity index (χ2n) is 4.80. The highest BCUT2D eigenvalue weighted by Gasteiger charge is 2.09. The average molecular weight is 328 g/mol. The number of nitrogens with two attached hydrogens (primary N) is 1. The van der Waals surface area contributed by atoms with Crippen LogP contribution in [0.3, 0.4) is 0 Å². The van der Waals surface area contributed by atoms with E-state index in [-0.39, 0.29) is 17.9 Å². The predicted octanol–water partition coefficient (Wildman–Crippen LogP) is 1.62. The van der Waals surface area contributed by atoms with Crippen LogP contribution in [0.2, 0.25) is 0 Å². The van der Waals surface area contributed by atoms with Gasteiger partial charge in [-0.25, -0.2) is 0 Å². The molecule has 124 valence electrons. The summed E-state index contributed by atoms with van der Waals surface area (Å²) in [5, 5.41) is 2.61. The third kappa shape index (κ3) is 4.33. The van der Waals surface area contributed by atoms with Gasteiger partial charge in [-0.1, -0.05) is 0 Å². The number of carbonyl (C=O) groups excluding carboxylic acids is 3. The Labute approximate surface area is 138 Å². The standard InChI is InChI=1S/C17H16N2O5/c1-23-14-6-7-15(12(8-14)9-20)24-10-16(21)19-13-4-2-11(3-5-13)17(18)22/h2-9H,10H2,1H3,(H2,18,22)(H,19,21). The predicted molar refractivity (Wildman–Crippen MR) is 87.5 cm³/mol. The lowest BCUT2D eigenvalue weighted by molar-refractivity contribution is -0.118. The van der Waals surface area contributed by atoms with Gasteiger partial charge in [0.1, 0.15) is 11.5 Å². The van der Waals surface area contributed by atoms with E-state index in [1.807, 2.05) is 0 Å². The van der Waals surface area contributed by atoms with Crippen LogP contribution in [0.15, 0.2) is 42.5 Å². The molecule has 0 aliphatic heterocycles. The molecule has 0 fully saturated rings. The van der Waals surface area contributed by atoms with E-state index < -0.39 is 11.8 Å². The van der Waals surface area contributed by atoms with Gasteiger partial charge in [-0.05, 0) is 42.5 Å². The number of carbonyl (C=O) groups is 3. The number of ether oxygens (including phenoxy) is 2. The Morgan fingerprint density at radius 3 is 2.46 bits per heavy atom. The maximum absolute atomic E-state index is 11.9. The number of rotatable bonds is 7. The van der Waals surface area contributed by atoms with E-state index in [0.29, 0.717) is 23.3 Å². The van der Waals surface area contributed by atoms with Crippen LogP contribution in [0.25, 0.3) is 0 Å². The molecule has 0 aliphatic carbocycles. The molecule has 0 unspecified atom stereocenters. The average Bonchev–Trinajstić information content (AvgIpc) is 2.60. The van der Waals surface area contributed by atoms with Crippen molar-refractivity contribution in [2.75, 3.05) is 19.0 Å². The number of nitrogens with one attached hydrogen (secondary N) is 1. The fourth-order valence-corrected chi connectivity index (χ4v) is 1.94. The summed E-state index contributed by atoms with van der Waals surface area (Å²) in [5.41, 5.74) is 6.27. The van der Waals surface area contributed by atoms with Gasteiger partial charge < -0.3 is 20.5 Å². The lowest BCUT2D eigenvalue weighted by Gasteiger charge is -2.10. The van der Waals surface area contributed by atoms with Gasteiger partial charge in [-0.15, -0.1) is 0 Å². The van der Waals surface area contributed by atoms with Crippen LogP contribution in [-0.4, -0.2) is 31.8 Å². The number of amides is 2. The normalized spacial score (nSPS) is 9.88. The quantitative estimate of drug-likeness (QED) is 0.751. The summed E-state index contributed by atoms with van der Waals surface area (Å²) in [6.45, 7) is -0.273. The molecule has 0 bridgehead atoms. The van der Waals surface area contributed by atoms with Gasteiger partial charge in [0.15, 0.2) is 12.9 Å². The largest absolute Gasteiger partial charge is 0.497 e. The van der Waals surface area contributed by atoms with Gasteiger partial charge in [0.25, 0.3) is 5.91 Å². The minimum Gasteiger partial charge on any atom is -0.497 e. The molecule has 0 saturated carbocycles. The van der Waals surface area contributed by atoms with Crippen LogP contribution in [0.1, 0.15) is 20.7 Å². The molecule has 7 nitrogen and oxygen atoms in total. The lowest BCUT2D eigenvalue weighted by atomic mass is 10.2. The minimum absolute atomic E-state index is 0.273. The number of primary amides is 1.